The van der Waals surface area contributed by atoms with Crippen LogP contribution in [0.3, 0.4) is 0 Å². The summed E-state index contributed by atoms with van der Waals surface area (Å²) < 4.78 is 11.0. The van der Waals surface area contributed by atoms with Crippen LogP contribution in [-0.2, 0) is 4.79 Å². The van der Waals surface area contributed by atoms with E-state index in [2.05, 4.69) is 12.2 Å². The highest BCUT2D eigenvalue weighted by Gasteiger charge is 2.14. The molecule has 1 atom stereocenters. The molecule has 0 saturated heterocycles. The second-order valence-corrected chi connectivity index (χ2v) is 4.14. The van der Waals surface area contributed by atoms with Gasteiger partial charge in [-0.05, 0) is 37.2 Å². The number of nitrogens with one attached hydrogen (secondary N) is 1. The van der Waals surface area contributed by atoms with E-state index in [0.717, 1.165) is 12.2 Å². The summed E-state index contributed by atoms with van der Waals surface area (Å²) in [6.07, 6.45) is 0.973. The average Bonchev–Trinajstić information content (AvgIpc) is 2.42. The maximum Gasteiger partial charge on any atom is 0.238 e. The maximum absolute atomic E-state index is 11.1. The fraction of sp³-hybridized carbons (Fsp3) is 0.500. The minimum absolute atomic E-state index is 0.221. The van der Waals surface area contributed by atoms with E-state index in [-0.39, 0.29) is 6.61 Å². The molecule has 5 nitrogen and oxygen atoms in total. The summed E-state index contributed by atoms with van der Waals surface area (Å²) in [5.41, 5.74) is 5.26. The van der Waals surface area contributed by atoms with Gasteiger partial charge in [-0.2, -0.15) is 0 Å². The van der Waals surface area contributed by atoms with Crippen LogP contribution in [0.1, 0.15) is 20.3 Å². The molecule has 1 amide bonds. The van der Waals surface area contributed by atoms with Gasteiger partial charge in [0, 0.05) is 0 Å². The van der Waals surface area contributed by atoms with Gasteiger partial charge in [-0.3, -0.25) is 4.79 Å². The van der Waals surface area contributed by atoms with Crippen molar-refractivity contribution >= 4 is 5.91 Å². The molecule has 0 aliphatic heterocycles. The van der Waals surface area contributed by atoms with E-state index in [9.17, 15) is 4.79 Å². The van der Waals surface area contributed by atoms with Crippen molar-refractivity contribution in [2.45, 2.75) is 26.3 Å². The highest BCUT2D eigenvalue weighted by atomic mass is 16.5. The average molecular weight is 266 g/mol. The molecule has 0 aliphatic rings. The first-order valence-electron chi connectivity index (χ1n) is 6.55. The Morgan fingerprint density at radius 1 is 1.21 bits per heavy atom. The van der Waals surface area contributed by atoms with Gasteiger partial charge in [-0.15, -0.1) is 0 Å². The zero-order valence-electron chi connectivity index (χ0n) is 11.5. The predicted molar refractivity (Wildman–Crippen MR) is 74.4 cm³/mol. The van der Waals surface area contributed by atoms with Crippen LogP contribution in [-0.4, -0.2) is 31.7 Å². The molecule has 0 spiro atoms. The van der Waals surface area contributed by atoms with Crippen LogP contribution in [0.2, 0.25) is 0 Å². The molecule has 106 valence electrons. The number of ether oxygens (including phenoxy) is 2. The Balaban J connectivity index is 2.46. The number of carbonyl (C=O) groups is 1. The van der Waals surface area contributed by atoms with E-state index in [1.54, 1.807) is 0 Å². The van der Waals surface area contributed by atoms with Gasteiger partial charge in [-0.1, -0.05) is 13.8 Å². The SMILES string of the molecule is CCCOc1ccc(OCC(NCC)C(N)=O)cc1. The number of carbonyl (C=O) groups excluding carboxylic acids is 1. The van der Waals surface area contributed by atoms with E-state index in [4.69, 9.17) is 15.2 Å². The van der Waals surface area contributed by atoms with Gasteiger partial charge in [0.05, 0.1) is 6.61 Å². The largest absolute Gasteiger partial charge is 0.494 e. The lowest BCUT2D eigenvalue weighted by molar-refractivity contribution is -0.120. The van der Waals surface area contributed by atoms with E-state index in [1.807, 2.05) is 31.2 Å². The molecule has 0 radical (unpaired) electrons. The molecule has 0 aliphatic carbocycles. The van der Waals surface area contributed by atoms with Crippen molar-refractivity contribution in [3.05, 3.63) is 24.3 Å². The quantitative estimate of drug-likeness (QED) is 0.707. The molecular weight excluding hydrogens is 244 g/mol. The smallest absolute Gasteiger partial charge is 0.238 e. The van der Waals surface area contributed by atoms with Gasteiger partial charge in [0.2, 0.25) is 5.91 Å². The van der Waals surface area contributed by atoms with Crippen LogP contribution in [0.15, 0.2) is 24.3 Å². The standard InChI is InChI=1S/C14H22N2O3/c1-3-9-18-11-5-7-12(8-6-11)19-10-13(14(15)17)16-4-2/h5-8,13,16H,3-4,9-10H2,1-2H3,(H2,15,17). The van der Waals surface area contributed by atoms with Gasteiger partial charge in [0.1, 0.15) is 24.1 Å². The molecule has 1 unspecified atom stereocenters. The molecule has 0 saturated carbocycles. The number of rotatable bonds is 9. The second-order valence-electron chi connectivity index (χ2n) is 4.14. The lowest BCUT2D eigenvalue weighted by Gasteiger charge is -2.15. The van der Waals surface area contributed by atoms with Gasteiger partial charge in [0.25, 0.3) is 0 Å². The van der Waals surface area contributed by atoms with E-state index < -0.39 is 11.9 Å². The summed E-state index contributed by atoms with van der Waals surface area (Å²) in [7, 11) is 0. The lowest BCUT2D eigenvalue weighted by Crippen LogP contribution is -2.45. The summed E-state index contributed by atoms with van der Waals surface area (Å²) in [5, 5.41) is 2.97. The molecule has 0 heterocycles. The van der Waals surface area contributed by atoms with Crippen LogP contribution >= 0.6 is 0 Å². The molecule has 0 aromatic heterocycles. The monoisotopic (exact) mass is 266 g/mol. The predicted octanol–water partition coefficient (Wildman–Crippen LogP) is 1.32. The van der Waals surface area contributed by atoms with Crippen molar-refractivity contribution in [1.82, 2.24) is 5.32 Å². The number of hydrogen-bond donors (Lipinski definition) is 2. The number of primary amides is 1. The Kier molecular flexibility index (Phi) is 6.74. The van der Waals surface area contributed by atoms with E-state index in [1.165, 1.54) is 0 Å². The lowest BCUT2D eigenvalue weighted by atomic mass is 10.3. The highest BCUT2D eigenvalue weighted by molar-refractivity contribution is 5.80. The van der Waals surface area contributed by atoms with E-state index in [0.29, 0.717) is 18.9 Å². The van der Waals surface area contributed by atoms with Gasteiger partial charge < -0.3 is 20.5 Å². The fourth-order valence-corrected chi connectivity index (χ4v) is 1.52. The van der Waals surface area contributed by atoms with Crippen LogP contribution in [0.25, 0.3) is 0 Å². The van der Waals surface area contributed by atoms with Gasteiger partial charge in [0.15, 0.2) is 0 Å². The van der Waals surface area contributed by atoms with Crippen LogP contribution in [0.5, 0.6) is 11.5 Å². The highest BCUT2D eigenvalue weighted by Crippen LogP contribution is 2.17. The Morgan fingerprint density at radius 2 is 1.79 bits per heavy atom. The minimum atomic E-state index is -0.471. The minimum Gasteiger partial charge on any atom is -0.494 e. The second kappa shape index (κ2) is 8.37. The Labute approximate surface area is 114 Å². The van der Waals surface area contributed by atoms with Crippen LogP contribution in [0, 0.1) is 0 Å². The summed E-state index contributed by atoms with van der Waals surface area (Å²) >= 11 is 0. The number of hydrogen-bond acceptors (Lipinski definition) is 4. The molecule has 19 heavy (non-hydrogen) atoms. The maximum atomic E-state index is 11.1. The van der Waals surface area contributed by atoms with E-state index >= 15 is 0 Å². The third kappa shape index (κ3) is 5.61. The first kappa shape index (κ1) is 15.3. The summed E-state index contributed by atoms with van der Waals surface area (Å²) in [6.45, 7) is 5.56. The Bertz CT molecular complexity index is 379. The number of likely N-dealkylation sites (N-methyl/N-ethyl adjacent to an activating group) is 1. The topological polar surface area (TPSA) is 73.6 Å². The van der Waals surface area contributed by atoms with Crippen molar-refractivity contribution in [1.29, 1.82) is 0 Å². The third-order valence-corrected chi connectivity index (χ3v) is 2.51. The van der Waals surface area contributed by atoms with Crippen LogP contribution in [0.4, 0.5) is 0 Å². The summed E-state index contributed by atoms with van der Waals surface area (Å²) in [4.78, 5) is 11.1. The molecule has 1 aromatic rings. The normalized spacial score (nSPS) is 11.9. The fourth-order valence-electron chi connectivity index (χ4n) is 1.52. The number of nitrogens with two attached hydrogens (primary N) is 1. The molecule has 0 fully saturated rings. The Morgan fingerprint density at radius 3 is 2.26 bits per heavy atom. The number of amides is 1. The van der Waals surface area contributed by atoms with Crippen molar-refractivity contribution in [3.8, 4) is 11.5 Å². The van der Waals surface area contributed by atoms with Crippen molar-refractivity contribution in [2.24, 2.45) is 5.73 Å². The number of benzene rings is 1. The molecule has 1 rings (SSSR count). The molecule has 3 N–H and O–H groups in total. The first-order valence-corrected chi connectivity index (χ1v) is 6.55. The Hall–Kier alpha value is -1.75. The zero-order valence-corrected chi connectivity index (χ0v) is 11.5. The molecule has 5 heteroatoms. The zero-order chi connectivity index (χ0) is 14.1. The summed E-state index contributed by atoms with van der Waals surface area (Å²) in [5.74, 6) is 1.09. The third-order valence-electron chi connectivity index (χ3n) is 2.51. The molecule has 0 bridgehead atoms. The molecular formula is C14H22N2O3. The van der Waals surface area contributed by atoms with Crippen molar-refractivity contribution in [2.75, 3.05) is 19.8 Å². The van der Waals surface area contributed by atoms with Crippen LogP contribution < -0.4 is 20.5 Å². The first-order chi connectivity index (χ1) is 9.17. The summed E-state index contributed by atoms with van der Waals surface area (Å²) in [6, 6.07) is 6.85. The van der Waals surface area contributed by atoms with Gasteiger partial charge >= 0.3 is 0 Å². The van der Waals surface area contributed by atoms with Crippen molar-refractivity contribution < 1.29 is 14.3 Å². The van der Waals surface area contributed by atoms with Gasteiger partial charge in [-0.25, -0.2) is 0 Å². The van der Waals surface area contributed by atoms with Crippen molar-refractivity contribution in [3.63, 3.8) is 0 Å². The molecule has 1 aromatic carbocycles.